The number of nitrogens with one attached hydrogen (secondary N) is 3. The monoisotopic (exact) mass is 401 g/mol. The SMILES string of the molecule is CC(NCCNc1cccc2ccccc12)C(=O)Nc1cccc2ccccc12.O. The van der Waals surface area contributed by atoms with Gasteiger partial charge in [-0.2, -0.15) is 0 Å². The quantitative estimate of drug-likeness (QED) is 0.406. The molecule has 5 heteroatoms. The molecule has 4 aromatic rings. The van der Waals surface area contributed by atoms with Gasteiger partial charge in [0.15, 0.2) is 0 Å². The average Bonchev–Trinajstić information content (AvgIpc) is 2.77. The highest BCUT2D eigenvalue weighted by Crippen LogP contribution is 2.23. The van der Waals surface area contributed by atoms with E-state index in [4.69, 9.17) is 0 Å². The Hall–Kier alpha value is -3.41. The van der Waals surface area contributed by atoms with Crippen molar-refractivity contribution in [2.24, 2.45) is 0 Å². The second-order valence-corrected chi connectivity index (χ2v) is 7.15. The van der Waals surface area contributed by atoms with E-state index in [-0.39, 0.29) is 17.4 Å². The number of rotatable bonds is 7. The zero-order valence-corrected chi connectivity index (χ0v) is 17.0. The van der Waals surface area contributed by atoms with E-state index in [0.29, 0.717) is 6.54 Å². The van der Waals surface area contributed by atoms with Gasteiger partial charge in [0, 0.05) is 35.2 Å². The van der Waals surface area contributed by atoms with Crippen molar-refractivity contribution in [1.29, 1.82) is 0 Å². The Morgan fingerprint density at radius 1 is 0.733 bits per heavy atom. The maximum absolute atomic E-state index is 12.6. The third-order valence-electron chi connectivity index (χ3n) is 5.12. The maximum atomic E-state index is 12.6. The molecule has 4 aromatic carbocycles. The van der Waals surface area contributed by atoms with Crippen LogP contribution in [0.1, 0.15) is 6.92 Å². The number of hydrogen-bond acceptors (Lipinski definition) is 3. The van der Waals surface area contributed by atoms with Gasteiger partial charge in [-0.3, -0.25) is 4.79 Å². The minimum absolute atomic E-state index is 0. The molecule has 1 atom stereocenters. The number of benzene rings is 4. The molecule has 1 unspecified atom stereocenters. The van der Waals surface area contributed by atoms with E-state index in [0.717, 1.165) is 28.7 Å². The van der Waals surface area contributed by atoms with Gasteiger partial charge in [0.2, 0.25) is 5.91 Å². The molecule has 0 aliphatic heterocycles. The second-order valence-electron chi connectivity index (χ2n) is 7.15. The van der Waals surface area contributed by atoms with Gasteiger partial charge in [-0.15, -0.1) is 0 Å². The largest absolute Gasteiger partial charge is 0.412 e. The molecule has 0 radical (unpaired) electrons. The molecule has 0 saturated heterocycles. The topological polar surface area (TPSA) is 84.7 Å². The van der Waals surface area contributed by atoms with Crippen LogP contribution in [0.25, 0.3) is 21.5 Å². The number of fused-ring (bicyclic) bond motifs is 2. The third kappa shape index (κ3) is 4.76. The number of anilines is 2. The smallest absolute Gasteiger partial charge is 0.241 e. The molecule has 154 valence electrons. The molecule has 1 amide bonds. The molecule has 0 aromatic heterocycles. The van der Waals surface area contributed by atoms with Crippen molar-refractivity contribution in [2.75, 3.05) is 23.7 Å². The number of amides is 1. The summed E-state index contributed by atoms with van der Waals surface area (Å²) in [6.45, 7) is 3.31. The lowest BCUT2D eigenvalue weighted by Gasteiger charge is -2.16. The van der Waals surface area contributed by atoms with Crippen molar-refractivity contribution < 1.29 is 10.3 Å². The van der Waals surface area contributed by atoms with Crippen LogP contribution in [0.5, 0.6) is 0 Å². The fourth-order valence-corrected chi connectivity index (χ4v) is 3.53. The van der Waals surface area contributed by atoms with Crippen molar-refractivity contribution in [3.8, 4) is 0 Å². The fraction of sp³-hybridized carbons (Fsp3) is 0.160. The van der Waals surface area contributed by atoms with E-state index >= 15 is 0 Å². The summed E-state index contributed by atoms with van der Waals surface area (Å²) in [5.74, 6) is -0.0356. The maximum Gasteiger partial charge on any atom is 0.241 e. The summed E-state index contributed by atoms with van der Waals surface area (Å²) in [6.07, 6.45) is 0. The molecule has 4 rings (SSSR count). The first-order valence-electron chi connectivity index (χ1n) is 9.96. The van der Waals surface area contributed by atoms with Gasteiger partial charge in [-0.1, -0.05) is 72.8 Å². The summed E-state index contributed by atoms with van der Waals surface area (Å²) < 4.78 is 0. The van der Waals surface area contributed by atoms with Crippen LogP contribution in [-0.2, 0) is 4.79 Å². The molecule has 0 heterocycles. The Kier molecular flexibility index (Phi) is 7.01. The van der Waals surface area contributed by atoms with Crippen LogP contribution in [-0.4, -0.2) is 30.5 Å². The standard InChI is InChI=1S/C25H25N3O.H2O/c1-18(25(29)28-24-15-7-11-20-9-3-5-13-22(20)24)26-16-17-27-23-14-6-10-19-8-2-4-12-21(19)23;/h2-15,18,26-27H,16-17H2,1H3,(H,28,29);1H2. The molecular weight excluding hydrogens is 374 g/mol. The Bertz CT molecular complexity index is 1130. The summed E-state index contributed by atoms with van der Waals surface area (Å²) >= 11 is 0. The van der Waals surface area contributed by atoms with Crippen LogP contribution < -0.4 is 16.0 Å². The Balaban J connectivity index is 0.00000256. The summed E-state index contributed by atoms with van der Waals surface area (Å²) in [4.78, 5) is 12.6. The summed E-state index contributed by atoms with van der Waals surface area (Å²) in [6, 6.07) is 28.3. The van der Waals surface area contributed by atoms with Gasteiger partial charge in [0.25, 0.3) is 0 Å². The van der Waals surface area contributed by atoms with Gasteiger partial charge in [-0.05, 0) is 29.8 Å². The van der Waals surface area contributed by atoms with Crippen LogP contribution in [0.15, 0.2) is 84.9 Å². The lowest BCUT2D eigenvalue weighted by atomic mass is 10.1. The third-order valence-corrected chi connectivity index (χ3v) is 5.12. The first-order chi connectivity index (χ1) is 14.2. The number of hydrogen-bond donors (Lipinski definition) is 3. The highest BCUT2D eigenvalue weighted by molar-refractivity contribution is 6.03. The van der Waals surface area contributed by atoms with E-state index in [1.807, 2.05) is 61.5 Å². The van der Waals surface area contributed by atoms with E-state index in [1.165, 1.54) is 10.8 Å². The van der Waals surface area contributed by atoms with Crippen LogP contribution in [0.4, 0.5) is 11.4 Å². The average molecular weight is 402 g/mol. The predicted octanol–water partition coefficient (Wildman–Crippen LogP) is 4.20. The number of carbonyl (C=O) groups is 1. The van der Waals surface area contributed by atoms with Gasteiger partial charge in [-0.25, -0.2) is 0 Å². The summed E-state index contributed by atoms with van der Waals surface area (Å²) in [5, 5.41) is 14.4. The van der Waals surface area contributed by atoms with Gasteiger partial charge < -0.3 is 21.4 Å². The molecule has 0 aliphatic carbocycles. The van der Waals surface area contributed by atoms with Crippen LogP contribution in [0.2, 0.25) is 0 Å². The first-order valence-corrected chi connectivity index (χ1v) is 9.96. The Morgan fingerprint density at radius 2 is 1.27 bits per heavy atom. The minimum atomic E-state index is -0.289. The molecule has 0 spiro atoms. The molecule has 5 nitrogen and oxygen atoms in total. The van der Waals surface area contributed by atoms with Crippen LogP contribution >= 0.6 is 0 Å². The lowest BCUT2D eigenvalue weighted by Crippen LogP contribution is -2.40. The first kappa shape index (κ1) is 21.3. The molecule has 5 N–H and O–H groups in total. The van der Waals surface area contributed by atoms with Gasteiger partial charge >= 0.3 is 0 Å². The molecule has 0 fully saturated rings. The van der Waals surface area contributed by atoms with Crippen molar-refractivity contribution in [3.63, 3.8) is 0 Å². The summed E-state index contributed by atoms with van der Waals surface area (Å²) in [5.41, 5.74) is 1.95. The lowest BCUT2D eigenvalue weighted by molar-refractivity contribution is -0.117. The highest BCUT2D eigenvalue weighted by atomic mass is 16.2. The van der Waals surface area contributed by atoms with E-state index < -0.39 is 0 Å². The molecule has 0 saturated carbocycles. The normalized spacial score (nSPS) is 11.6. The second kappa shape index (κ2) is 9.87. The highest BCUT2D eigenvalue weighted by Gasteiger charge is 2.13. The Labute approximate surface area is 176 Å². The molecular formula is C25H27N3O2. The fourth-order valence-electron chi connectivity index (χ4n) is 3.53. The van der Waals surface area contributed by atoms with Crippen LogP contribution in [0, 0.1) is 0 Å². The van der Waals surface area contributed by atoms with E-state index in [1.54, 1.807) is 0 Å². The number of carbonyl (C=O) groups excluding carboxylic acids is 1. The molecule has 0 bridgehead atoms. The predicted molar refractivity (Wildman–Crippen MR) is 126 cm³/mol. The zero-order valence-electron chi connectivity index (χ0n) is 17.0. The van der Waals surface area contributed by atoms with E-state index in [9.17, 15) is 4.79 Å². The zero-order chi connectivity index (χ0) is 20.1. The van der Waals surface area contributed by atoms with Crippen LogP contribution in [0.3, 0.4) is 0 Å². The van der Waals surface area contributed by atoms with Gasteiger partial charge in [0.05, 0.1) is 6.04 Å². The van der Waals surface area contributed by atoms with Gasteiger partial charge in [0.1, 0.15) is 0 Å². The van der Waals surface area contributed by atoms with Crippen molar-refractivity contribution in [3.05, 3.63) is 84.9 Å². The molecule has 30 heavy (non-hydrogen) atoms. The molecule has 0 aliphatic rings. The van der Waals surface area contributed by atoms with E-state index in [2.05, 4.69) is 46.3 Å². The van der Waals surface area contributed by atoms with Crippen molar-refractivity contribution in [1.82, 2.24) is 5.32 Å². The van der Waals surface area contributed by atoms with Crippen molar-refractivity contribution in [2.45, 2.75) is 13.0 Å². The summed E-state index contributed by atoms with van der Waals surface area (Å²) in [7, 11) is 0. The van der Waals surface area contributed by atoms with Crippen molar-refractivity contribution >= 4 is 38.8 Å². The Morgan fingerprint density at radius 3 is 1.93 bits per heavy atom. The minimum Gasteiger partial charge on any atom is -0.412 e.